The van der Waals surface area contributed by atoms with Gasteiger partial charge in [0.15, 0.2) is 9.84 Å². The molecule has 1 aliphatic heterocycles. The van der Waals surface area contributed by atoms with Gasteiger partial charge in [-0.15, -0.1) is 0 Å². The van der Waals surface area contributed by atoms with Gasteiger partial charge in [-0.25, -0.2) is 8.42 Å². The van der Waals surface area contributed by atoms with Crippen molar-refractivity contribution in [2.45, 2.75) is 18.2 Å². The second-order valence-electron chi connectivity index (χ2n) is 6.11. The second kappa shape index (κ2) is 5.61. The van der Waals surface area contributed by atoms with Gasteiger partial charge in [0.05, 0.1) is 26.9 Å². The van der Waals surface area contributed by atoms with E-state index in [4.69, 9.17) is 11.6 Å². The van der Waals surface area contributed by atoms with Crippen molar-refractivity contribution in [1.29, 1.82) is 0 Å². The van der Waals surface area contributed by atoms with E-state index in [1.807, 2.05) is 6.92 Å². The maximum atomic E-state index is 12.2. The summed E-state index contributed by atoms with van der Waals surface area (Å²) >= 11 is 6.34. The number of nitrogens with one attached hydrogen (secondary N) is 1. The fraction of sp³-hybridized carbons (Fsp3) is 0.167. The molecule has 0 aliphatic carbocycles. The van der Waals surface area contributed by atoms with Crippen LogP contribution in [0.5, 0.6) is 5.75 Å². The third-order valence-electron chi connectivity index (χ3n) is 4.44. The summed E-state index contributed by atoms with van der Waals surface area (Å²) in [6.07, 6.45) is 2.12. The molecule has 0 amide bonds. The zero-order valence-electron chi connectivity index (χ0n) is 13.4. The summed E-state index contributed by atoms with van der Waals surface area (Å²) in [7, 11) is -3.23. The van der Waals surface area contributed by atoms with Gasteiger partial charge < -0.3 is 10.4 Å². The molecule has 0 radical (unpaired) electrons. The lowest BCUT2D eigenvalue weighted by atomic mass is 10.0. The number of phenols is 1. The molecule has 2 aromatic carbocycles. The zero-order valence-corrected chi connectivity index (χ0v) is 14.9. The summed E-state index contributed by atoms with van der Waals surface area (Å²) in [6.45, 7) is 1.81. The van der Waals surface area contributed by atoms with Gasteiger partial charge in [-0.1, -0.05) is 11.6 Å². The highest BCUT2D eigenvalue weighted by molar-refractivity contribution is 7.91. The first kappa shape index (κ1) is 16.2. The lowest BCUT2D eigenvalue weighted by molar-refractivity contribution is 0.475. The van der Waals surface area contributed by atoms with Gasteiger partial charge >= 0.3 is 0 Å². The van der Waals surface area contributed by atoms with Crippen molar-refractivity contribution in [3.8, 4) is 5.75 Å². The Morgan fingerprint density at radius 2 is 2.00 bits per heavy atom. The Labute approximate surface area is 150 Å². The molecule has 0 bridgehead atoms. The van der Waals surface area contributed by atoms with E-state index in [0.29, 0.717) is 33.2 Å². The Kier molecular flexibility index (Phi) is 3.63. The number of sulfone groups is 1. The number of pyridine rings is 1. The van der Waals surface area contributed by atoms with Gasteiger partial charge in [0.25, 0.3) is 0 Å². The standard InChI is InChI=1S/C18H15ClN2O3S/c1-10-8-11(22)9-15(18(10)19)21-14-4-6-20-13-2-3-16-12(17(13)14)5-7-25(16,23)24/h2-4,6,8-9,22H,5,7H2,1H3,(H,20,21). The second-order valence-corrected chi connectivity index (χ2v) is 8.57. The normalized spacial score (nSPS) is 15.3. The smallest absolute Gasteiger partial charge is 0.179 e. The minimum Gasteiger partial charge on any atom is -0.508 e. The molecule has 7 heteroatoms. The Balaban J connectivity index is 1.94. The molecule has 5 nitrogen and oxygen atoms in total. The van der Waals surface area contributed by atoms with Crippen molar-refractivity contribution in [3.05, 3.63) is 52.7 Å². The SMILES string of the molecule is Cc1cc(O)cc(Nc2ccnc3ccc4c(c23)CCS4(=O)=O)c1Cl. The molecule has 1 aromatic heterocycles. The Bertz CT molecular complexity index is 1130. The third kappa shape index (κ3) is 2.62. The van der Waals surface area contributed by atoms with Crippen molar-refractivity contribution < 1.29 is 13.5 Å². The molecule has 0 atom stereocenters. The minimum atomic E-state index is -3.23. The summed E-state index contributed by atoms with van der Waals surface area (Å²) in [5.74, 6) is 0.220. The first-order valence-electron chi connectivity index (χ1n) is 7.76. The zero-order chi connectivity index (χ0) is 17.8. The highest BCUT2D eigenvalue weighted by Gasteiger charge is 2.28. The molecular weight excluding hydrogens is 360 g/mol. The van der Waals surface area contributed by atoms with Crippen molar-refractivity contribution in [1.82, 2.24) is 4.98 Å². The predicted octanol–water partition coefficient (Wildman–Crippen LogP) is 3.98. The van der Waals surface area contributed by atoms with Crippen molar-refractivity contribution in [2.75, 3.05) is 11.1 Å². The first-order valence-corrected chi connectivity index (χ1v) is 9.79. The number of rotatable bonds is 2. The van der Waals surface area contributed by atoms with Crippen LogP contribution in [0.2, 0.25) is 5.02 Å². The van der Waals surface area contributed by atoms with E-state index >= 15 is 0 Å². The van der Waals surface area contributed by atoms with Crippen LogP contribution in [0.25, 0.3) is 10.9 Å². The van der Waals surface area contributed by atoms with E-state index in [-0.39, 0.29) is 11.5 Å². The van der Waals surface area contributed by atoms with Crippen LogP contribution in [0.3, 0.4) is 0 Å². The predicted molar refractivity (Wildman–Crippen MR) is 98.6 cm³/mol. The topological polar surface area (TPSA) is 79.3 Å². The fourth-order valence-electron chi connectivity index (χ4n) is 3.28. The van der Waals surface area contributed by atoms with Gasteiger partial charge in [-0.05, 0) is 48.7 Å². The molecule has 128 valence electrons. The molecular formula is C18H15ClN2O3S. The quantitative estimate of drug-likeness (QED) is 0.709. The summed E-state index contributed by atoms with van der Waals surface area (Å²) in [4.78, 5) is 4.72. The van der Waals surface area contributed by atoms with Crippen LogP contribution >= 0.6 is 11.6 Å². The lowest BCUT2D eigenvalue weighted by Crippen LogP contribution is -1.99. The minimum absolute atomic E-state index is 0.107. The lowest BCUT2D eigenvalue weighted by Gasteiger charge is -2.14. The molecule has 25 heavy (non-hydrogen) atoms. The summed E-state index contributed by atoms with van der Waals surface area (Å²) in [6, 6.07) is 8.26. The number of aryl methyl sites for hydroxylation is 2. The Morgan fingerprint density at radius 3 is 2.80 bits per heavy atom. The monoisotopic (exact) mass is 374 g/mol. The number of phenolic OH excluding ortho intramolecular Hbond substituents is 1. The average Bonchev–Trinajstić information content (AvgIpc) is 2.87. The van der Waals surface area contributed by atoms with E-state index in [0.717, 1.165) is 16.5 Å². The third-order valence-corrected chi connectivity index (χ3v) is 6.73. The van der Waals surface area contributed by atoms with Crippen LogP contribution in [-0.2, 0) is 16.3 Å². The molecule has 0 spiro atoms. The number of halogens is 1. The van der Waals surface area contributed by atoms with Crippen LogP contribution in [0, 0.1) is 6.92 Å². The number of aromatic nitrogens is 1. The molecule has 1 aliphatic rings. The number of anilines is 2. The van der Waals surface area contributed by atoms with Crippen LogP contribution in [0.1, 0.15) is 11.1 Å². The van der Waals surface area contributed by atoms with Crippen LogP contribution in [0.4, 0.5) is 11.4 Å². The van der Waals surface area contributed by atoms with E-state index in [1.54, 1.807) is 36.5 Å². The van der Waals surface area contributed by atoms with E-state index in [9.17, 15) is 13.5 Å². The average molecular weight is 375 g/mol. The molecule has 4 rings (SSSR count). The molecule has 2 N–H and O–H groups in total. The van der Waals surface area contributed by atoms with Gasteiger partial charge in [-0.2, -0.15) is 0 Å². The van der Waals surface area contributed by atoms with E-state index in [1.165, 1.54) is 0 Å². The number of hydrogen-bond acceptors (Lipinski definition) is 5. The Morgan fingerprint density at radius 1 is 1.20 bits per heavy atom. The van der Waals surface area contributed by atoms with Gasteiger partial charge in [0, 0.05) is 23.3 Å². The maximum Gasteiger partial charge on any atom is 0.179 e. The molecule has 0 unspecified atom stereocenters. The van der Waals surface area contributed by atoms with Crippen LogP contribution < -0.4 is 5.32 Å². The largest absolute Gasteiger partial charge is 0.508 e. The highest BCUT2D eigenvalue weighted by Crippen LogP contribution is 2.38. The maximum absolute atomic E-state index is 12.2. The van der Waals surface area contributed by atoms with Crippen molar-refractivity contribution in [3.63, 3.8) is 0 Å². The first-order chi connectivity index (χ1) is 11.9. The van der Waals surface area contributed by atoms with E-state index < -0.39 is 9.84 Å². The molecule has 2 heterocycles. The number of hydrogen-bond donors (Lipinski definition) is 2. The van der Waals surface area contributed by atoms with Crippen molar-refractivity contribution >= 4 is 43.7 Å². The number of fused-ring (bicyclic) bond motifs is 3. The number of benzene rings is 2. The number of nitrogens with zero attached hydrogens (tertiary/aromatic N) is 1. The van der Waals surface area contributed by atoms with Gasteiger partial charge in [0.2, 0.25) is 0 Å². The Hall–Kier alpha value is -2.31. The summed E-state index contributed by atoms with van der Waals surface area (Å²) < 4.78 is 24.4. The fourth-order valence-corrected chi connectivity index (χ4v) is 4.98. The van der Waals surface area contributed by atoms with Crippen LogP contribution in [-0.4, -0.2) is 24.3 Å². The number of aromatic hydroxyl groups is 1. The molecule has 0 fully saturated rings. The van der Waals surface area contributed by atoms with E-state index in [2.05, 4.69) is 10.3 Å². The highest BCUT2D eigenvalue weighted by atomic mass is 35.5. The van der Waals surface area contributed by atoms with Gasteiger partial charge in [0.1, 0.15) is 5.75 Å². The molecule has 3 aromatic rings. The van der Waals surface area contributed by atoms with Crippen LogP contribution in [0.15, 0.2) is 41.4 Å². The summed E-state index contributed by atoms with van der Waals surface area (Å²) in [5, 5.41) is 14.3. The molecule has 0 saturated heterocycles. The summed E-state index contributed by atoms with van der Waals surface area (Å²) in [5.41, 5.74) is 3.52. The van der Waals surface area contributed by atoms with Crippen molar-refractivity contribution in [2.24, 2.45) is 0 Å². The van der Waals surface area contributed by atoms with Gasteiger partial charge in [-0.3, -0.25) is 4.98 Å². The molecule has 0 saturated carbocycles.